The Labute approximate surface area is 216 Å². The Hall–Kier alpha value is -1.61. The molecule has 0 unspecified atom stereocenters. The minimum absolute atomic E-state index is 0.0146. The number of rotatable bonds is 7. The molecule has 0 heterocycles. The lowest BCUT2D eigenvalue weighted by atomic mass is 10.1. The highest BCUT2D eigenvalue weighted by Crippen LogP contribution is 2.27. The van der Waals surface area contributed by atoms with E-state index in [1.54, 1.807) is 12.1 Å². The molecule has 0 aliphatic carbocycles. The number of anilines is 1. The lowest BCUT2D eigenvalue weighted by Crippen LogP contribution is -2.37. The van der Waals surface area contributed by atoms with Crippen LogP contribution in [0.25, 0.3) is 0 Å². The molecule has 0 aromatic heterocycles. The van der Waals surface area contributed by atoms with Gasteiger partial charge in [0.25, 0.3) is 0 Å². The highest BCUT2D eigenvalue weighted by atomic mass is 79.9. The van der Waals surface area contributed by atoms with Crippen molar-refractivity contribution in [2.45, 2.75) is 25.3 Å². The second-order valence-corrected chi connectivity index (χ2v) is 11.6. The van der Waals surface area contributed by atoms with Crippen molar-refractivity contribution in [1.82, 2.24) is 4.31 Å². The first-order valence-corrected chi connectivity index (χ1v) is 13.1. The average molecular weight is 591 g/mol. The zero-order chi connectivity index (χ0) is 24.3. The Balaban J connectivity index is 1.94. The first kappa shape index (κ1) is 26.0. The van der Waals surface area contributed by atoms with Gasteiger partial charge in [0.05, 0.1) is 11.4 Å². The monoisotopic (exact) mass is 588 g/mol. The van der Waals surface area contributed by atoms with Crippen LogP contribution in [0.1, 0.15) is 16.7 Å². The van der Waals surface area contributed by atoms with Crippen LogP contribution in [0.5, 0.6) is 0 Å². The fourth-order valence-corrected chi connectivity index (χ4v) is 5.92. The SMILES string of the molecule is Cc1cc(Br)cc(C)c1NC(=O)CN(Cc1ccc(Cl)cc1Cl)S(=O)(=O)c1ccc(Cl)cc1. The first-order chi connectivity index (χ1) is 15.5. The molecule has 5 nitrogen and oxygen atoms in total. The summed E-state index contributed by atoms with van der Waals surface area (Å²) in [7, 11) is -4.04. The van der Waals surface area contributed by atoms with E-state index in [1.165, 1.54) is 30.3 Å². The van der Waals surface area contributed by atoms with Crippen LogP contribution in [-0.4, -0.2) is 25.2 Å². The molecule has 0 atom stereocenters. The fourth-order valence-electron chi connectivity index (χ4n) is 3.27. The molecule has 0 aliphatic heterocycles. The van der Waals surface area contributed by atoms with Crippen molar-refractivity contribution in [3.63, 3.8) is 0 Å². The molecule has 10 heteroatoms. The summed E-state index contributed by atoms with van der Waals surface area (Å²) in [4.78, 5) is 13.0. The van der Waals surface area contributed by atoms with Gasteiger partial charge in [-0.05, 0) is 79.1 Å². The standard InChI is InChI=1S/C23H20BrCl3N2O3S/c1-14-9-17(24)10-15(2)23(14)28-22(30)13-29(12-16-3-4-19(26)11-21(16)27)33(31,32)20-7-5-18(25)6-8-20/h3-11H,12-13H2,1-2H3,(H,28,30). The molecule has 3 aromatic rings. The van der Waals surface area contributed by atoms with Gasteiger partial charge in [0.1, 0.15) is 0 Å². The average Bonchev–Trinajstić information content (AvgIpc) is 2.72. The molecule has 0 saturated carbocycles. The van der Waals surface area contributed by atoms with Crippen LogP contribution in [0, 0.1) is 13.8 Å². The Morgan fingerprint density at radius 2 is 1.52 bits per heavy atom. The Bertz CT molecular complexity index is 1280. The number of hydrogen-bond acceptors (Lipinski definition) is 3. The molecule has 0 saturated heterocycles. The maximum Gasteiger partial charge on any atom is 0.243 e. The van der Waals surface area contributed by atoms with Crippen molar-refractivity contribution >= 4 is 72.4 Å². The Morgan fingerprint density at radius 3 is 2.09 bits per heavy atom. The second-order valence-electron chi connectivity index (χ2n) is 7.43. The van der Waals surface area contributed by atoms with Crippen LogP contribution in [-0.2, 0) is 21.4 Å². The van der Waals surface area contributed by atoms with E-state index in [4.69, 9.17) is 34.8 Å². The first-order valence-electron chi connectivity index (χ1n) is 9.73. The molecule has 0 radical (unpaired) electrons. The van der Waals surface area contributed by atoms with Gasteiger partial charge in [-0.2, -0.15) is 4.31 Å². The smallest absolute Gasteiger partial charge is 0.243 e. The van der Waals surface area contributed by atoms with E-state index in [-0.39, 0.29) is 11.4 Å². The molecule has 1 amide bonds. The van der Waals surface area contributed by atoms with Crippen molar-refractivity contribution in [3.05, 3.63) is 90.8 Å². The summed E-state index contributed by atoms with van der Waals surface area (Å²) in [6.45, 7) is 3.19. The zero-order valence-electron chi connectivity index (χ0n) is 17.7. The van der Waals surface area contributed by atoms with E-state index >= 15 is 0 Å². The van der Waals surface area contributed by atoms with Gasteiger partial charge in [-0.25, -0.2) is 8.42 Å². The van der Waals surface area contributed by atoms with Gasteiger partial charge in [0, 0.05) is 31.8 Å². The summed E-state index contributed by atoms with van der Waals surface area (Å²) in [5.74, 6) is -0.480. The largest absolute Gasteiger partial charge is 0.324 e. The molecular formula is C23H20BrCl3N2O3S. The van der Waals surface area contributed by atoms with Crippen LogP contribution in [0.15, 0.2) is 64.0 Å². The van der Waals surface area contributed by atoms with Gasteiger partial charge in [-0.1, -0.05) is 56.8 Å². The summed E-state index contributed by atoms with van der Waals surface area (Å²) in [5.41, 5.74) is 2.85. The van der Waals surface area contributed by atoms with Crippen molar-refractivity contribution in [3.8, 4) is 0 Å². The minimum Gasteiger partial charge on any atom is -0.324 e. The maximum absolute atomic E-state index is 13.4. The lowest BCUT2D eigenvalue weighted by Gasteiger charge is -2.23. The number of nitrogens with one attached hydrogen (secondary N) is 1. The number of aryl methyl sites for hydroxylation is 2. The lowest BCUT2D eigenvalue weighted by molar-refractivity contribution is -0.116. The van der Waals surface area contributed by atoms with Gasteiger partial charge in [-0.3, -0.25) is 4.79 Å². The third-order valence-corrected chi connectivity index (χ3v) is 8.00. The molecule has 0 fully saturated rings. The summed E-state index contributed by atoms with van der Waals surface area (Å²) >= 11 is 21.6. The highest BCUT2D eigenvalue weighted by molar-refractivity contribution is 9.10. The predicted octanol–water partition coefficient (Wildman–Crippen LogP) is 6.86. The van der Waals surface area contributed by atoms with Gasteiger partial charge in [-0.15, -0.1) is 0 Å². The molecular weight excluding hydrogens is 571 g/mol. The van der Waals surface area contributed by atoms with Crippen LogP contribution in [0.4, 0.5) is 5.69 Å². The fraction of sp³-hybridized carbons (Fsp3) is 0.174. The summed E-state index contributed by atoms with van der Waals surface area (Å²) in [6.07, 6.45) is 0. The van der Waals surface area contributed by atoms with Gasteiger partial charge in [0.2, 0.25) is 15.9 Å². The minimum atomic E-state index is -4.04. The number of amides is 1. The molecule has 0 aliphatic rings. The predicted molar refractivity (Wildman–Crippen MR) is 138 cm³/mol. The molecule has 0 spiro atoms. The number of halogens is 4. The maximum atomic E-state index is 13.4. The molecule has 3 rings (SSSR count). The van der Waals surface area contributed by atoms with Crippen molar-refractivity contribution < 1.29 is 13.2 Å². The zero-order valence-corrected chi connectivity index (χ0v) is 22.4. The van der Waals surface area contributed by atoms with Crippen LogP contribution in [0.3, 0.4) is 0 Å². The summed E-state index contributed by atoms with van der Waals surface area (Å²) in [5, 5.41) is 3.97. The summed E-state index contributed by atoms with van der Waals surface area (Å²) in [6, 6.07) is 14.3. The number of carbonyl (C=O) groups is 1. The quantitative estimate of drug-likeness (QED) is 0.327. The van der Waals surface area contributed by atoms with Crippen LogP contribution < -0.4 is 5.32 Å². The molecule has 3 aromatic carbocycles. The number of carbonyl (C=O) groups excluding carboxylic acids is 1. The third kappa shape index (κ3) is 6.50. The van der Waals surface area contributed by atoms with E-state index in [0.717, 1.165) is 19.9 Å². The Morgan fingerprint density at radius 1 is 0.939 bits per heavy atom. The van der Waals surface area contributed by atoms with E-state index in [1.807, 2.05) is 26.0 Å². The second kappa shape index (κ2) is 10.8. The van der Waals surface area contributed by atoms with Gasteiger partial charge >= 0.3 is 0 Å². The van der Waals surface area contributed by atoms with Crippen LogP contribution >= 0.6 is 50.7 Å². The normalized spacial score (nSPS) is 11.6. The van der Waals surface area contributed by atoms with E-state index in [0.29, 0.717) is 26.3 Å². The van der Waals surface area contributed by atoms with Crippen molar-refractivity contribution in [2.75, 3.05) is 11.9 Å². The number of sulfonamides is 1. The molecule has 0 bridgehead atoms. The topological polar surface area (TPSA) is 66.5 Å². The van der Waals surface area contributed by atoms with Gasteiger partial charge in [0.15, 0.2) is 0 Å². The van der Waals surface area contributed by atoms with Crippen molar-refractivity contribution in [1.29, 1.82) is 0 Å². The van der Waals surface area contributed by atoms with Gasteiger partial charge < -0.3 is 5.32 Å². The van der Waals surface area contributed by atoms with E-state index in [2.05, 4.69) is 21.2 Å². The third-order valence-electron chi connectivity index (χ3n) is 4.90. The highest BCUT2D eigenvalue weighted by Gasteiger charge is 2.28. The molecule has 33 heavy (non-hydrogen) atoms. The molecule has 174 valence electrons. The van der Waals surface area contributed by atoms with Crippen molar-refractivity contribution in [2.24, 2.45) is 0 Å². The number of nitrogens with zero attached hydrogens (tertiary/aromatic N) is 1. The number of hydrogen-bond donors (Lipinski definition) is 1. The Kier molecular flexibility index (Phi) is 8.48. The number of benzene rings is 3. The van der Waals surface area contributed by atoms with E-state index < -0.39 is 22.5 Å². The van der Waals surface area contributed by atoms with Crippen LogP contribution in [0.2, 0.25) is 15.1 Å². The summed E-state index contributed by atoms with van der Waals surface area (Å²) < 4.78 is 28.8. The molecule has 1 N–H and O–H groups in total. The van der Waals surface area contributed by atoms with E-state index in [9.17, 15) is 13.2 Å².